The first-order valence-electron chi connectivity index (χ1n) is 6.93. The van der Waals surface area contributed by atoms with Crippen molar-refractivity contribution in [1.82, 2.24) is 10.2 Å². The molecular formula is C14H26N2O3. The minimum absolute atomic E-state index is 0.0787. The minimum atomic E-state index is -0.990. The van der Waals surface area contributed by atoms with E-state index in [9.17, 15) is 14.7 Å². The molecule has 0 unspecified atom stereocenters. The van der Waals surface area contributed by atoms with Crippen LogP contribution in [0, 0.1) is 11.3 Å². The standard InChI is InChI=1S/C14H26N2O3/c1-9(2)16(8-10-6-7-10)13(19)15-11(12(17)18)14(3,4)5/h9-11H,6-8H2,1-5H3,(H,15,19)(H,17,18)/t11-/m1/s1. The fraction of sp³-hybridized carbons (Fsp3) is 0.857. The molecule has 0 bridgehead atoms. The lowest BCUT2D eigenvalue weighted by atomic mass is 9.87. The van der Waals surface area contributed by atoms with Gasteiger partial charge in [-0.05, 0) is 38.0 Å². The Hall–Kier alpha value is -1.26. The molecule has 1 rings (SSSR count). The van der Waals surface area contributed by atoms with Gasteiger partial charge in [0.1, 0.15) is 6.04 Å². The van der Waals surface area contributed by atoms with Gasteiger partial charge in [-0.15, -0.1) is 0 Å². The molecule has 0 aromatic carbocycles. The third-order valence-electron chi connectivity index (χ3n) is 3.42. The number of carbonyl (C=O) groups is 2. The first-order chi connectivity index (χ1) is 8.62. The van der Waals surface area contributed by atoms with Crippen LogP contribution in [0.5, 0.6) is 0 Å². The number of urea groups is 1. The van der Waals surface area contributed by atoms with Gasteiger partial charge >= 0.3 is 12.0 Å². The SMILES string of the molecule is CC(C)N(CC1CC1)C(=O)N[C@H](C(=O)O)C(C)(C)C. The van der Waals surface area contributed by atoms with Crippen molar-refractivity contribution in [1.29, 1.82) is 0 Å². The molecule has 2 N–H and O–H groups in total. The molecule has 5 heteroatoms. The van der Waals surface area contributed by atoms with Crippen LogP contribution in [0.4, 0.5) is 4.79 Å². The summed E-state index contributed by atoms with van der Waals surface area (Å²) in [6.07, 6.45) is 2.33. The van der Waals surface area contributed by atoms with Crippen molar-refractivity contribution in [3.05, 3.63) is 0 Å². The third kappa shape index (κ3) is 4.73. The van der Waals surface area contributed by atoms with Crippen LogP contribution in [0.1, 0.15) is 47.5 Å². The highest BCUT2D eigenvalue weighted by atomic mass is 16.4. The van der Waals surface area contributed by atoms with Gasteiger partial charge < -0.3 is 15.3 Å². The largest absolute Gasteiger partial charge is 0.480 e. The zero-order chi connectivity index (χ0) is 14.8. The van der Waals surface area contributed by atoms with Crippen LogP contribution >= 0.6 is 0 Å². The lowest BCUT2D eigenvalue weighted by molar-refractivity contribution is -0.142. The van der Waals surface area contributed by atoms with Crippen LogP contribution in [-0.4, -0.2) is 40.6 Å². The van der Waals surface area contributed by atoms with E-state index in [1.165, 1.54) is 0 Å². The van der Waals surface area contributed by atoms with Crippen molar-refractivity contribution in [2.45, 2.75) is 59.5 Å². The zero-order valence-electron chi connectivity index (χ0n) is 12.6. The van der Waals surface area contributed by atoms with Crippen LogP contribution in [0.2, 0.25) is 0 Å². The third-order valence-corrected chi connectivity index (χ3v) is 3.42. The molecule has 5 nitrogen and oxygen atoms in total. The Balaban J connectivity index is 2.70. The Labute approximate surface area is 115 Å². The number of amides is 2. The van der Waals surface area contributed by atoms with Crippen molar-refractivity contribution in [2.24, 2.45) is 11.3 Å². The molecule has 0 saturated heterocycles. The summed E-state index contributed by atoms with van der Waals surface area (Å²) in [4.78, 5) is 25.3. The van der Waals surface area contributed by atoms with Crippen LogP contribution < -0.4 is 5.32 Å². The maximum Gasteiger partial charge on any atom is 0.326 e. The van der Waals surface area contributed by atoms with E-state index >= 15 is 0 Å². The summed E-state index contributed by atoms with van der Waals surface area (Å²) >= 11 is 0. The highest BCUT2D eigenvalue weighted by molar-refractivity contribution is 5.83. The number of carbonyl (C=O) groups excluding carboxylic acids is 1. The number of aliphatic carboxylic acids is 1. The number of hydrogen-bond donors (Lipinski definition) is 2. The highest BCUT2D eigenvalue weighted by Crippen LogP contribution is 2.30. The van der Waals surface area contributed by atoms with Gasteiger partial charge in [0.15, 0.2) is 0 Å². The summed E-state index contributed by atoms with van der Waals surface area (Å²) in [7, 11) is 0. The van der Waals surface area contributed by atoms with E-state index in [1.807, 2.05) is 34.6 Å². The number of carboxylic acids is 1. The Bertz CT molecular complexity index is 343. The average molecular weight is 270 g/mol. The van der Waals surface area contributed by atoms with E-state index in [-0.39, 0.29) is 12.1 Å². The molecule has 0 spiro atoms. The van der Waals surface area contributed by atoms with Gasteiger partial charge in [-0.1, -0.05) is 20.8 Å². The van der Waals surface area contributed by atoms with E-state index in [0.29, 0.717) is 5.92 Å². The molecule has 0 aliphatic heterocycles. The topological polar surface area (TPSA) is 69.6 Å². The van der Waals surface area contributed by atoms with Crippen molar-refractivity contribution < 1.29 is 14.7 Å². The molecule has 1 aliphatic rings. The second-order valence-corrected chi connectivity index (χ2v) is 6.78. The Morgan fingerprint density at radius 1 is 1.32 bits per heavy atom. The molecule has 110 valence electrons. The van der Waals surface area contributed by atoms with Gasteiger partial charge in [-0.2, -0.15) is 0 Å². The van der Waals surface area contributed by atoms with E-state index in [4.69, 9.17) is 0 Å². The predicted octanol–water partition coefficient (Wildman–Crippen LogP) is 2.32. The van der Waals surface area contributed by atoms with E-state index in [1.54, 1.807) is 4.90 Å². The normalized spacial score (nSPS) is 17.2. The lowest BCUT2D eigenvalue weighted by Gasteiger charge is -2.33. The Kier molecular flexibility index (Phi) is 4.82. The number of hydrogen-bond acceptors (Lipinski definition) is 2. The van der Waals surface area contributed by atoms with Gasteiger partial charge in [0.2, 0.25) is 0 Å². The average Bonchev–Trinajstić information content (AvgIpc) is 3.03. The van der Waals surface area contributed by atoms with Gasteiger partial charge in [0.05, 0.1) is 0 Å². The summed E-state index contributed by atoms with van der Waals surface area (Å²) in [6.45, 7) is 10.1. The van der Waals surface area contributed by atoms with Gasteiger partial charge in [0, 0.05) is 12.6 Å². The number of nitrogens with zero attached hydrogens (tertiary/aromatic N) is 1. The summed E-state index contributed by atoms with van der Waals surface area (Å²) in [5.41, 5.74) is -0.510. The zero-order valence-corrected chi connectivity index (χ0v) is 12.6. The molecule has 0 aromatic rings. The molecule has 1 atom stereocenters. The fourth-order valence-corrected chi connectivity index (χ4v) is 1.96. The van der Waals surface area contributed by atoms with Crippen LogP contribution in [0.3, 0.4) is 0 Å². The summed E-state index contributed by atoms with van der Waals surface area (Å²) in [6, 6.07) is -1.07. The molecular weight excluding hydrogens is 244 g/mol. The van der Waals surface area contributed by atoms with Crippen LogP contribution in [0.25, 0.3) is 0 Å². The molecule has 2 amide bonds. The second kappa shape index (κ2) is 5.80. The van der Waals surface area contributed by atoms with Gasteiger partial charge in [-0.25, -0.2) is 9.59 Å². The Morgan fingerprint density at radius 3 is 2.16 bits per heavy atom. The molecule has 1 fully saturated rings. The fourth-order valence-electron chi connectivity index (χ4n) is 1.96. The van der Waals surface area contributed by atoms with Crippen molar-refractivity contribution in [2.75, 3.05) is 6.54 Å². The first-order valence-corrected chi connectivity index (χ1v) is 6.93. The van der Waals surface area contributed by atoms with Crippen molar-refractivity contribution in [3.8, 4) is 0 Å². The van der Waals surface area contributed by atoms with Crippen LogP contribution in [-0.2, 0) is 4.79 Å². The smallest absolute Gasteiger partial charge is 0.326 e. The van der Waals surface area contributed by atoms with E-state index in [2.05, 4.69) is 5.32 Å². The summed E-state index contributed by atoms with van der Waals surface area (Å²) < 4.78 is 0. The Morgan fingerprint density at radius 2 is 1.84 bits per heavy atom. The van der Waals surface area contributed by atoms with Gasteiger partial charge in [-0.3, -0.25) is 0 Å². The van der Waals surface area contributed by atoms with Crippen molar-refractivity contribution in [3.63, 3.8) is 0 Å². The molecule has 0 aromatic heterocycles. The van der Waals surface area contributed by atoms with Crippen LogP contribution in [0.15, 0.2) is 0 Å². The van der Waals surface area contributed by atoms with E-state index in [0.717, 1.165) is 19.4 Å². The van der Waals surface area contributed by atoms with Crippen molar-refractivity contribution >= 4 is 12.0 Å². The lowest BCUT2D eigenvalue weighted by Crippen LogP contribution is -2.55. The molecule has 1 aliphatic carbocycles. The highest BCUT2D eigenvalue weighted by Gasteiger charge is 2.35. The molecule has 19 heavy (non-hydrogen) atoms. The maximum absolute atomic E-state index is 12.3. The quantitative estimate of drug-likeness (QED) is 0.805. The maximum atomic E-state index is 12.3. The molecule has 0 heterocycles. The minimum Gasteiger partial charge on any atom is -0.480 e. The van der Waals surface area contributed by atoms with E-state index < -0.39 is 17.4 Å². The number of nitrogens with one attached hydrogen (secondary N) is 1. The molecule has 1 saturated carbocycles. The number of carboxylic acid groups (broad SMARTS) is 1. The molecule has 0 radical (unpaired) electrons. The monoisotopic (exact) mass is 270 g/mol. The summed E-state index contributed by atoms with van der Waals surface area (Å²) in [5.74, 6) is -0.401. The van der Waals surface area contributed by atoms with Gasteiger partial charge in [0.25, 0.3) is 0 Å². The second-order valence-electron chi connectivity index (χ2n) is 6.78. The first kappa shape index (κ1) is 15.8. The summed E-state index contributed by atoms with van der Waals surface area (Å²) in [5, 5.41) is 11.9. The number of rotatable bonds is 5. The predicted molar refractivity (Wildman–Crippen MR) is 74.0 cm³/mol.